The fourth-order valence-corrected chi connectivity index (χ4v) is 2.26. The van der Waals surface area contributed by atoms with Crippen LogP contribution in [-0.2, 0) is 0 Å². The predicted octanol–water partition coefficient (Wildman–Crippen LogP) is 1.49. The zero-order valence-electron chi connectivity index (χ0n) is 8.56. The molecule has 2 unspecified atom stereocenters. The van der Waals surface area contributed by atoms with Crippen LogP contribution in [-0.4, -0.2) is 12.1 Å². The van der Waals surface area contributed by atoms with E-state index in [2.05, 4.69) is 20.8 Å². The number of nitrogens with two attached hydrogens (primary N) is 2. The Morgan fingerprint density at radius 1 is 1.42 bits per heavy atom. The van der Waals surface area contributed by atoms with E-state index in [9.17, 15) is 0 Å². The van der Waals surface area contributed by atoms with Crippen LogP contribution < -0.4 is 11.5 Å². The second-order valence-electron chi connectivity index (χ2n) is 4.88. The molecule has 1 fully saturated rings. The molecule has 0 saturated heterocycles. The topological polar surface area (TPSA) is 52.0 Å². The second kappa shape index (κ2) is 3.00. The van der Waals surface area contributed by atoms with E-state index in [4.69, 9.17) is 11.5 Å². The number of hydrogen-bond acceptors (Lipinski definition) is 2. The molecular formula is C10H22N2. The van der Waals surface area contributed by atoms with E-state index in [1.54, 1.807) is 0 Å². The normalized spacial score (nSPS) is 41.2. The Morgan fingerprint density at radius 2 is 2.00 bits per heavy atom. The van der Waals surface area contributed by atoms with E-state index in [0.29, 0.717) is 12.5 Å². The van der Waals surface area contributed by atoms with Gasteiger partial charge in [-0.2, -0.15) is 0 Å². The summed E-state index contributed by atoms with van der Waals surface area (Å²) in [6.07, 6.45) is 3.62. The first-order valence-electron chi connectivity index (χ1n) is 4.93. The monoisotopic (exact) mass is 170 g/mol. The standard InChI is InChI=1S/C10H22N2/c1-8-5-4-6-10(12,7-11)9(8,2)3/h8H,4-7,11-12H2,1-3H3. The van der Waals surface area contributed by atoms with Crippen molar-refractivity contribution in [3.05, 3.63) is 0 Å². The third kappa shape index (κ3) is 1.27. The quantitative estimate of drug-likeness (QED) is 0.626. The lowest BCUT2D eigenvalue weighted by Gasteiger charge is -2.51. The highest BCUT2D eigenvalue weighted by Crippen LogP contribution is 2.45. The Balaban J connectivity index is 2.86. The zero-order valence-corrected chi connectivity index (χ0v) is 8.56. The van der Waals surface area contributed by atoms with Gasteiger partial charge in [-0.05, 0) is 17.8 Å². The van der Waals surface area contributed by atoms with Crippen LogP contribution in [0.4, 0.5) is 0 Å². The van der Waals surface area contributed by atoms with Gasteiger partial charge in [0.15, 0.2) is 0 Å². The van der Waals surface area contributed by atoms with Crippen LogP contribution in [0.1, 0.15) is 40.0 Å². The first-order valence-corrected chi connectivity index (χ1v) is 4.93. The lowest BCUT2D eigenvalue weighted by molar-refractivity contribution is 0.0471. The van der Waals surface area contributed by atoms with Gasteiger partial charge in [-0.1, -0.05) is 33.6 Å². The summed E-state index contributed by atoms with van der Waals surface area (Å²) in [5.41, 5.74) is 12.1. The molecule has 0 amide bonds. The molecule has 4 N–H and O–H groups in total. The molecule has 2 atom stereocenters. The van der Waals surface area contributed by atoms with E-state index in [-0.39, 0.29) is 11.0 Å². The van der Waals surface area contributed by atoms with E-state index in [0.717, 1.165) is 6.42 Å². The maximum absolute atomic E-state index is 6.30. The predicted molar refractivity (Wildman–Crippen MR) is 52.8 cm³/mol. The van der Waals surface area contributed by atoms with Gasteiger partial charge in [-0.15, -0.1) is 0 Å². The molecule has 0 aromatic carbocycles. The summed E-state index contributed by atoms with van der Waals surface area (Å²) in [5.74, 6) is 0.694. The second-order valence-corrected chi connectivity index (χ2v) is 4.88. The average molecular weight is 170 g/mol. The van der Waals surface area contributed by atoms with Gasteiger partial charge in [0.2, 0.25) is 0 Å². The van der Waals surface area contributed by atoms with Crippen LogP contribution in [0.2, 0.25) is 0 Å². The van der Waals surface area contributed by atoms with Crippen molar-refractivity contribution in [2.24, 2.45) is 22.8 Å². The van der Waals surface area contributed by atoms with E-state index >= 15 is 0 Å². The molecule has 72 valence electrons. The largest absolute Gasteiger partial charge is 0.329 e. The Bertz CT molecular complexity index is 162. The van der Waals surface area contributed by atoms with Crippen molar-refractivity contribution in [3.8, 4) is 0 Å². The first kappa shape index (κ1) is 10.0. The van der Waals surface area contributed by atoms with E-state index in [1.165, 1.54) is 12.8 Å². The smallest absolute Gasteiger partial charge is 0.0332 e. The van der Waals surface area contributed by atoms with Crippen molar-refractivity contribution in [2.75, 3.05) is 6.54 Å². The summed E-state index contributed by atoms with van der Waals surface area (Å²) in [5, 5.41) is 0. The fraction of sp³-hybridized carbons (Fsp3) is 1.00. The molecule has 1 aliphatic carbocycles. The maximum Gasteiger partial charge on any atom is 0.0332 e. The maximum atomic E-state index is 6.30. The minimum atomic E-state index is -0.134. The Labute approximate surface area is 75.7 Å². The van der Waals surface area contributed by atoms with Gasteiger partial charge < -0.3 is 11.5 Å². The highest BCUT2D eigenvalue weighted by atomic mass is 14.9. The summed E-state index contributed by atoms with van der Waals surface area (Å²) >= 11 is 0. The summed E-state index contributed by atoms with van der Waals surface area (Å²) in [4.78, 5) is 0. The van der Waals surface area contributed by atoms with Gasteiger partial charge in [-0.25, -0.2) is 0 Å². The molecule has 2 nitrogen and oxygen atoms in total. The van der Waals surface area contributed by atoms with Crippen LogP contribution in [0.3, 0.4) is 0 Å². The molecule has 0 aromatic heterocycles. The Hall–Kier alpha value is -0.0800. The van der Waals surface area contributed by atoms with Gasteiger partial charge in [-0.3, -0.25) is 0 Å². The van der Waals surface area contributed by atoms with Gasteiger partial charge in [0, 0.05) is 12.1 Å². The van der Waals surface area contributed by atoms with Crippen molar-refractivity contribution in [1.82, 2.24) is 0 Å². The zero-order chi connectivity index (χ0) is 9.41. The highest BCUT2D eigenvalue weighted by molar-refractivity contribution is 5.03. The minimum Gasteiger partial charge on any atom is -0.329 e. The molecule has 1 saturated carbocycles. The van der Waals surface area contributed by atoms with Crippen LogP contribution in [0.15, 0.2) is 0 Å². The van der Waals surface area contributed by atoms with E-state index in [1.807, 2.05) is 0 Å². The van der Waals surface area contributed by atoms with Crippen molar-refractivity contribution in [3.63, 3.8) is 0 Å². The van der Waals surface area contributed by atoms with Crippen molar-refractivity contribution >= 4 is 0 Å². The van der Waals surface area contributed by atoms with Crippen LogP contribution in [0.25, 0.3) is 0 Å². The lowest BCUT2D eigenvalue weighted by Crippen LogP contribution is -2.62. The minimum absolute atomic E-state index is 0.134. The van der Waals surface area contributed by atoms with Gasteiger partial charge in [0.05, 0.1) is 0 Å². The van der Waals surface area contributed by atoms with Gasteiger partial charge in [0.25, 0.3) is 0 Å². The Morgan fingerprint density at radius 3 is 2.42 bits per heavy atom. The third-order valence-electron chi connectivity index (χ3n) is 4.14. The molecule has 0 bridgehead atoms. The number of rotatable bonds is 1. The molecular weight excluding hydrogens is 148 g/mol. The van der Waals surface area contributed by atoms with Crippen LogP contribution >= 0.6 is 0 Å². The average Bonchev–Trinajstić information content (AvgIpc) is 2.01. The molecule has 0 radical (unpaired) electrons. The van der Waals surface area contributed by atoms with Gasteiger partial charge in [0.1, 0.15) is 0 Å². The fourth-order valence-electron chi connectivity index (χ4n) is 2.26. The summed E-state index contributed by atoms with van der Waals surface area (Å²) in [6.45, 7) is 7.41. The van der Waals surface area contributed by atoms with Gasteiger partial charge >= 0.3 is 0 Å². The van der Waals surface area contributed by atoms with Crippen LogP contribution in [0, 0.1) is 11.3 Å². The molecule has 1 aliphatic rings. The van der Waals surface area contributed by atoms with Crippen molar-refractivity contribution in [1.29, 1.82) is 0 Å². The third-order valence-corrected chi connectivity index (χ3v) is 4.14. The van der Waals surface area contributed by atoms with E-state index < -0.39 is 0 Å². The summed E-state index contributed by atoms with van der Waals surface area (Å²) < 4.78 is 0. The number of hydrogen-bond donors (Lipinski definition) is 2. The highest BCUT2D eigenvalue weighted by Gasteiger charge is 2.46. The molecule has 12 heavy (non-hydrogen) atoms. The van der Waals surface area contributed by atoms with Crippen molar-refractivity contribution < 1.29 is 0 Å². The molecule has 0 heterocycles. The Kier molecular flexibility index (Phi) is 2.50. The summed E-state index contributed by atoms with van der Waals surface area (Å²) in [6, 6.07) is 0. The molecule has 0 aliphatic heterocycles. The van der Waals surface area contributed by atoms with Crippen molar-refractivity contribution in [2.45, 2.75) is 45.6 Å². The first-order chi connectivity index (χ1) is 5.44. The SMILES string of the molecule is CC1CCCC(N)(CN)C1(C)C. The molecule has 0 spiro atoms. The summed E-state index contributed by atoms with van der Waals surface area (Å²) in [7, 11) is 0. The molecule has 1 rings (SSSR count). The molecule has 2 heteroatoms. The molecule has 0 aromatic rings. The lowest BCUT2D eigenvalue weighted by atomic mass is 9.58. The van der Waals surface area contributed by atoms with Crippen LogP contribution in [0.5, 0.6) is 0 Å².